The van der Waals surface area contributed by atoms with Crippen molar-refractivity contribution < 1.29 is 4.79 Å². The van der Waals surface area contributed by atoms with Gasteiger partial charge in [-0.25, -0.2) is 0 Å². The quantitative estimate of drug-likeness (QED) is 0.845. The third-order valence-electron chi connectivity index (χ3n) is 3.06. The van der Waals surface area contributed by atoms with Gasteiger partial charge in [0.05, 0.1) is 0 Å². The molecule has 4 heteroatoms. The van der Waals surface area contributed by atoms with Crippen LogP contribution in [0.4, 0.5) is 5.69 Å². The van der Waals surface area contributed by atoms with Crippen molar-refractivity contribution in [2.45, 2.75) is 26.7 Å². The number of hydrogen-bond donors (Lipinski definition) is 1. The molecule has 1 aromatic carbocycles. The van der Waals surface area contributed by atoms with Crippen LogP contribution in [0.1, 0.15) is 34.6 Å². The number of para-hydroxylation sites is 1. The van der Waals surface area contributed by atoms with E-state index in [4.69, 9.17) is 0 Å². The second kappa shape index (κ2) is 6.35. The van der Waals surface area contributed by atoms with E-state index in [1.54, 1.807) is 0 Å². The highest BCUT2D eigenvalue weighted by Gasteiger charge is 2.14. The molecule has 19 heavy (non-hydrogen) atoms. The fourth-order valence-corrected chi connectivity index (χ4v) is 3.48. The van der Waals surface area contributed by atoms with E-state index in [1.807, 2.05) is 17.5 Å². The standard InChI is InChI=1S/C15H16BrNOS/c1-3-10-6-5-7-11(4-2)13(10)17-15(18)14-12(16)8-9-19-14/h5-9H,3-4H2,1-2H3,(H,17,18). The molecule has 0 saturated heterocycles. The van der Waals surface area contributed by atoms with Crippen LogP contribution in [0.25, 0.3) is 0 Å². The summed E-state index contributed by atoms with van der Waals surface area (Å²) >= 11 is 4.85. The van der Waals surface area contributed by atoms with Crippen molar-refractivity contribution in [1.29, 1.82) is 0 Å². The van der Waals surface area contributed by atoms with Crippen LogP contribution in [0, 0.1) is 0 Å². The van der Waals surface area contributed by atoms with E-state index in [0.29, 0.717) is 4.88 Å². The Balaban J connectivity index is 2.33. The number of benzene rings is 1. The maximum absolute atomic E-state index is 12.3. The minimum absolute atomic E-state index is 0.0440. The van der Waals surface area contributed by atoms with Gasteiger partial charge in [-0.15, -0.1) is 11.3 Å². The molecule has 0 unspecified atom stereocenters. The zero-order valence-electron chi connectivity index (χ0n) is 11.0. The Bertz CT molecular complexity index is 569. The average molecular weight is 338 g/mol. The van der Waals surface area contributed by atoms with Crippen LogP contribution in [0.15, 0.2) is 34.1 Å². The van der Waals surface area contributed by atoms with E-state index in [1.165, 1.54) is 22.5 Å². The molecule has 0 aliphatic rings. The summed E-state index contributed by atoms with van der Waals surface area (Å²) in [6.07, 6.45) is 1.82. The van der Waals surface area contributed by atoms with Gasteiger partial charge in [0.15, 0.2) is 0 Å². The van der Waals surface area contributed by atoms with Gasteiger partial charge >= 0.3 is 0 Å². The Morgan fingerprint density at radius 3 is 2.32 bits per heavy atom. The van der Waals surface area contributed by atoms with Crippen molar-refractivity contribution in [1.82, 2.24) is 0 Å². The Morgan fingerprint density at radius 2 is 1.84 bits per heavy atom. The molecule has 0 bridgehead atoms. The third kappa shape index (κ3) is 3.07. The summed E-state index contributed by atoms with van der Waals surface area (Å²) in [6.45, 7) is 4.21. The number of rotatable bonds is 4. The van der Waals surface area contributed by atoms with Gasteiger partial charge in [-0.1, -0.05) is 32.0 Å². The van der Waals surface area contributed by atoms with E-state index >= 15 is 0 Å². The number of nitrogens with one attached hydrogen (secondary N) is 1. The Morgan fingerprint density at radius 1 is 1.21 bits per heavy atom. The summed E-state index contributed by atoms with van der Waals surface area (Å²) in [5.41, 5.74) is 3.33. The number of halogens is 1. The van der Waals surface area contributed by atoms with E-state index in [2.05, 4.69) is 47.2 Å². The van der Waals surface area contributed by atoms with Gasteiger partial charge in [0.2, 0.25) is 0 Å². The Kier molecular flexibility index (Phi) is 4.77. The summed E-state index contributed by atoms with van der Waals surface area (Å²) in [6, 6.07) is 8.08. The first-order valence-corrected chi connectivity index (χ1v) is 7.99. The number of carbonyl (C=O) groups excluding carboxylic acids is 1. The maximum Gasteiger partial charge on any atom is 0.266 e. The molecule has 0 saturated carbocycles. The molecule has 0 spiro atoms. The molecule has 2 rings (SSSR count). The van der Waals surface area contributed by atoms with E-state index in [-0.39, 0.29) is 5.91 Å². The van der Waals surface area contributed by atoms with Crippen molar-refractivity contribution in [3.8, 4) is 0 Å². The van der Waals surface area contributed by atoms with Crippen LogP contribution < -0.4 is 5.32 Å². The lowest BCUT2D eigenvalue weighted by atomic mass is 10.0. The molecule has 1 heterocycles. The lowest BCUT2D eigenvalue weighted by Crippen LogP contribution is -2.14. The zero-order valence-corrected chi connectivity index (χ0v) is 13.4. The van der Waals surface area contributed by atoms with Crippen molar-refractivity contribution in [3.05, 3.63) is 50.1 Å². The molecule has 1 aromatic heterocycles. The topological polar surface area (TPSA) is 29.1 Å². The number of aryl methyl sites for hydroxylation is 2. The number of hydrogen-bond acceptors (Lipinski definition) is 2. The summed E-state index contributed by atoms with van der Waals surface area (Å²) in [5, 5.41) is 4.97. The lowest BCUT2D eigenvalue weighted by Gasteiger charge is -2.14. The minimum Gasteiger partial charge on any atom is -0.321 e. The van der Waals surface area contributed by atoms with Crippen LogP contribution in [0.2, 0.25) is 0 Å². The number of anilines is 1. The van der Waals surface area contributed by atoms with Gasteiger partial charge in [0.25, 0.3) is 5.91 Å². The summed E-state index contributed by atoms with van der Waals surface area (Å²) < 4.78 is 0.849. The summed E-state index contributed by atoms with van der Waals surface area (Å²) in [7, 11) is 0. The van der Waals surface area contributed by atoms with Gasteiger partial charge in [0, 0.05) is 10.2 Å². The zero-order chi connectivity index (χ0) is 13.8. The van der Waals surface area contributed by atoms with Gasteiger partial charge in [0.1, 0.15) is 4.88 Å². The average Bonchev–Trinajstić information content (AvgIpc) is 2.85. The van der Waals surface area contributed by atoms with Crippen LogP contribution in [-0.4, -0.2) is 5.91 Å². The molecule has 2 aromatic rings. The first kappa shape index (κ1) is 14.3. The highest BCUT2D eigenvalue weighted by atomic mass is 79.9. The third-order valence-corrected chi connectivity index (χ3v) is 4.90. The van der Waals surface area contributed by atoms with Gasteiger partial charge in [-0.2, -0.15) is 0 Å². The van der Waals surface area contributed by atoms with Crippen molar-refractivity contribution in [2.24, 2.45) is 0 Å². The highest BCUT2D eigenvalue weighted by Crippen LogP contribution is 2.27. The first-order valence-electron chi connectivity index (χ1n) is 6.32. The lowest BCUT2D eigenvalue weighted by molar-refractivity contribution is 0.102. The predicted molar refractivity (Wildman–Crippen MR) is 85.2 cm³/mol. The number of carbonyl (C=O) groups is 1. The number of amides is 1. The van der Waals surface area contributed by atoms with E-state index < -0.39 is 0 Å². The molecule has 1 amide bonds. The van der Waals surface area contributed by atoms with Crippen molar-refractivity contribution >= 4 is 38.9 Å². The molecule has 0 atom stereocenters. The van der Waals surface area contributed by atoms with Crippen LogP contribution in [-0.2, 0) is 12.8 Å². The van der Waals surface area contributed by atoms with Gasteiger partial charge in [-0.05, 0) is 51.3 Å². The van der Waals surface area contributed by atoms with Crippen molar-refractivity contribution in [3.63, 3.8) is 0 Å². The fourth-order valence-electron chi connectivity index (χ4n) is 2.03. The molecule has 1 N–H and O–H groups in total. The van der Waals surface area contributed by atoms with E-state index in [0.717, 1.165) is 23.0 Å². The minimum atomic E-state index is -0.0440. The fraction of sp³-hybridized carbons (Fsp3) is 0.267. The second-order valence-electron chi connectivity index (χ2n) is 4.21. The van der Waals surface area contributed by atoms with Crippen LogP contribution in [0.5, 0.6) is 0 Å². The molecule has 100 valence electrons. The molecule has 0 fully saturated rings. The van der Waals surface area contributed by atoms with E-state index in [9.17, 15) is 4.79 Å². The first-order chi connectivity index (χ1) is 9.17. The monoisotopic (exact) mass is 337 g/mol. The van der Waals surface area contributed by atoms with Gasteiger partial charge < -0.3 is 5.32 Å². The predicted octanol–water partition coefficient (Wildman–Crippen LogP) is 4.89. The number of thiophene rings is 1. The largest absolute Gasteiger partial charge is 0.321 e. The Hall–Kier alpha value is -1.13. The second-order valence-corrected chi connectivity index (χ2v) is 5.98. The molecule has 0 aliphatic carbocycles. The Labute approximate surface area is 126 Å². The van der Waals surface area contributed by atoms with Gasteiger partial charge in [-0.3, -0.25) is 4.79 Å². The normalized spacial score (nSPS) is 10.5. The SMILES string of the molecule is CCc1cccc(CC)c1NC(=O)c1sccc1Br. The molecule has 0 aliphatic heterocycles. The molecular weight excluding hydrogens is 322 g/mol. The van der Waals surface area contributed by atoms with Crippen LogP contribution in [0.3, 0.4) is 0 Å². The van der Waals surface area contributed by atoms with Crippen molar-refractivity contribution in [2.75, 3.05) is 5.32 Å². The summed E-state index contributed by atoms with van der Waals surface area (Å²) in [4.78, 5) is 13.0. The van der Waals surface area contributed by atoms with Crippen LogP contribution >= 0.6 is 27.3 Å². The highest BCUT2D eigenvalue weighted by molar-refractivity contribution is 9.10. The molecule has 0 radical (unpaired) electrons. The molecular formula is C15H16BrNOS. The molecule has 2 nitrogen and oxygen atoms in total. The smallest absolute Gasteiger partial charge is 0.266 e. The summed E-state index contributed by atoms with van der Waals surface area (Å²) in [5.74, 6) is -0.0440. The maximum atomic E-state index is 12.3.